The molecule has 0 atom stereocenters. The van der Waals surface area contributed by atoms with E-state index in [1.807, 2.05) is 30.3 Å². The smallest absolute Gasteiger partial charge is 0.315 e. The topological polar surface area (TPSA) is 50.4 Å². The van der Waals surface area contributed by atoms with E-state index in [1.54, 1.807) is 6.08 Å². The third kappa shape index (κ3) is 6.70. The summed E-state index contributed by atoms with van der Waals surface area (Å²) in [7, 11) is 0. The van der Waals surface area contributed by atoms with Crippen LogP contribution in [0, 0.1) is 0 Å². The molecular formula is C14H20N2O2. The van der Waals surface area contributed by atoms with Gasteiger partial charge in [-0.2, -0.15) is 0 Å². The van der Waals surface area contributed by atoms with Crippen LogP contribution in [0.5, 0.6) is 0 Å². The van der Waals surface area contributed by atoms with E-state index in [-0.39, 0.29) is 6.03 Å². The average Bonchev–Trinajstić information content (AvgIpc) is 2.41. The van der Waals surface area contributed by atoms with Crippen LogP contribution in [0.1, 0.15) is 12.0 Å². The van der Waals surface area contributed by atoms with E-state index in [2.05, 4.69) is 17.2 Å². The number of hydrogen-bond acceptors (Lipinski definition) is 2. The van der Waals surface area contributed by atoms with E-state index in [1.165, 1.54) is 0 Å². The lowest BCUT2D eigenvalue weighted by molar-refractivity contribution is 0.141. The maximum absolute atomic E-state index is 11.4. The number of amides is 2. The highest BCUT2D eigenvalue weighted by molar-refractivity contribution is 5.73. The van der Waals surface area contributed by atoms with Crippen LogP contribution in [-0.4, -0.2) is 25.8 Å². The van der Waals surface area contributed by atoms with Crippen LogP contribution in [0.3, 0.4) is 0 Å². The summed E-state index contributed by atoms with van der Waals surface area (Å²) in [4.78, 5) is 11.4. The lowest BCUT2D eigenvalue weighted by Gasteiger charge is -2.07. The monoisotopic (exact) mass is 248 g/mol. The van der Waals surface area contributed by atoms with Crippen molar-refractivity contribution in [1.82, 2.24) is 10.6 Å². The lowest BCUT2D eigenvalue weighted by atomic mass is 10.2. The average molecular weight is 248 g/mol. The Morgan fingerprint density at radius 2 is 2.00 bits per heavy atom. The Morgan fingerprint density at radius 1 is 1.22 bits per heavy atom. The van der Waals surface area contributed by atoms with Gasteiger partial charge in [-0.3, -0.25) is 0 Å². The molecule has 0 saturated heterocycles. The number of rotatable bonds is 8. The van der Waals surface area contributed by atoms with E-state index in [0.29, 0.717) is 26.3 Å². The first-order valence-electron chi connectivity index (χ1n) is 6.07. The first-order valence-corrected chi connectivity index (χ1v) is 6.07. The summed E-state index contributed by atoms with van der Waals surface area (Å²) in [6.07, 6.45) is 2.64. The molecule has 0 unspecified atom stereocenters. The molecule has 4 heteroatoms. The first-order chi connectivity index (χ1) is 8.83. The zero-order valence-corrected chi connectivity index (χ0v) is 10.5. The van der Waals surface area contributed by atoms with Crippen LogP contribution in [-0.2, 0) is 11.3 Å². The number of ether oxygens (including phenoxy) is 1. The maximum atomic E-state index is 11.4. The Bertz CT molecular complexity index is 352. The minimum Gasteiger partial charge on any atom is -0.379 e. The van der Waals surface area contributed by atoms with Gasteiger partial charge in [0.05, 0.1) is 13.2 Å². The van der Waals surface area contributed by atoms with Crippen molar-refractivity contribution in [2.75, 3.05) is 19.8 Å². The van der Waals surface area contributed by atoms with Gasteiger partial charge in [-0.1, -0.05) is 36.4 Å². The first kappa shape index (κ1) is 14.3. The van der Waals surface area contributed by atoms with Crippen LogP contribution < -0.4 is 10.6 Å². The molecule has 98 valence electrons. The molecule has 18 heavy (non-hydrogen) atoms. The van der Waals surface area contributed by atoms with Crippen molar-refractivity contribution in [1.29, 1.82) is 0 Å². The van der Waals surface area contributed by atoms with Gasteiger partial charge < -0.3 is 15.4 Å². The number of benzene rings is 1. The molecule has 0 fully saturated rings. The molecule has 0 aliphatic heterocycles. The second-order valence-corrected chi connectivity index (χ2v) is 3.78. The standard InChI is InChI=1S/C14H20N2O2/c1-2-3-10-18-11-9-15-14(17)16-12-13-7-5-4-6-8-13/h2,4-8H,1,3,9-12H2,(H2,15,16,17). The SMILES string of the molecule is C=CCCOCCNC(=O)NCc1ccccc1. The highest BCUT2D eigenvalue weighted by Crippen LogP contribution is 1.96. The molecule has 1 aromatic rings. The van der Waals surface area contributed by atoms with E-state index in [4.69, 9.17) is 4.74 Å². The lowest BCUT2D eigenvalue weighted by Crippen LogP contribution is -2.36. The van der Waals surface area contributed by atoms with Crippen LogP contribution >= 0.6 is 0 Å². The van der Waals surface area contributed by atoms with Crippen LogP contribution in [0.15, 0.2) is 43.0 Å². The molecule has 0 radical (unpaired) electrons. The predicted molar refractivity (Wildman–Crippen MR) is 72.3 cm³/mol. The second-order valence-electron chi connectivity index (χ2n) is 3.78. The summed E-state index contributed by atoms with van der Waals surface area (Å²) >= 11 is 0. The van der Waals surface area contributed by atoms with Gasteiger partial charge in [0, 0.05) is 13.1 Å². The van der Waals surface area contributed by atoms with Crippen LogP contribution in [0.2, 0.25) is 0 Å². The van der Waals surface area contributed by atoms with Gasteiger partial charge in [0.1, 0.15) is 0 Å². The van der Waals surface area contributed by atoms with Gasteiger partial charge in [-0.25, -0.2) is 4.79 Å². The fourth-order valence-corrected chi connectivity index (χ4v) is 1.35. The molecular weight excluding hydrogens is 228 g/mol. The second kappa shape index (κ2) is 9.24. The summed E-state index contributed by atoms with van der Waals surface area (Å²) in [5.41, 5.74) is 1.08. The van der Waals surface area contributed by atoms with Crippen molar-refractivity contribution in [3.8, 4) is 0 Å². The van der Waals surface area contributed by atoms with E-state index in [0.717, 1.165) is 12.0 Å². The predicted octanol–water partition coefficient (Wildman–Crippen LogP) is 2.08. The van der Waals surface area contributed by atoms with Gasteiger partial charge in [0.2, 0.25) is 0 Å². The number of carbonyl (C=O) groups is 1. The molecule has 0 aliphatic rings. The molecule has 0 aromatic heterocycles. The molecule has 0 bridgehead atoms. The van der Waals surface area contributed by atoms with Gasteiger partial charge in [-0.15, -0.1) is 6.58 Å². The quantitative estimate of drug-likeness (QED) is 0.546. The maximum Gasteiger partial charge on any atom is 0.315 e. The number of carbonyl (C=O) groups excluding carboxylic acids is 1. The highest BCUT2D eigenvalue weighted by Gasteiger charge is 1.98. The number of urea groups is 1. The molecule has 2 amide bonds. The molecule has 4 nitrogen and oxygen atoms in total. The Labute approximate surface area is 108 Å². The van der Waals surface area contributed by atoms with Crippen molar-refractivity contribution in [2.24, 2.45) is 0 Å². The third-order valence-corrected chi connectivity index (χ3v) is 2.29. The van der Waals surface area contributed by atoms with Crippen LogP contribution in [0.4, 0.5) is 4.79 Å². The molecule has 0 saturated carbocycles. The Balaban J connectivity index is 2.02. The molecule has 1 aromatic carbocycles. The van der Waals surface area contributed by atoms with Gasteiger partial charge in [0.25, 0.3) is 0 Å². The van der Waals surface area contributed by atoms with E-state index < -0.39 is 0 Å². The minimum atomic E-state index is -0.175. The summed E-state index contributed by atoms with van der Waals surface area (Å²) < 4.78 is 5.27. The zero-order chi connectivity index (χ0) is 13.1. The minimum absolute atomic E-state index is 0.175. The van der Waals surface area contributed by atoms with Gasteiger partial charge >= 0.3 is 6.03 Å². The number of hydrogen-bond donors (Lipinski definition) is 2. The Morgan fingerprint density at radius 3 is 2.72 bits per heavy atom. The normalized spacial score (nSPS) is 9.78. The molecule has 0 aliphatic carbocycles. The van der Waals surface area contributed by atoms with E-state index in [9.17, 15) is 4.79 Å². The Hall–Kier alpha value is -1.81. The van der Waals surface area contributed by atoms with Crippen molar-refractivity contribution in [3.05, 3.63) is 48.6 Å². The number of nitrogens with one attached hydrogen (secondary N) is 2. The summed E-state index contributed by atoms with van der Waals surface area (Å²) in [5.74, 6) is 0. The molecule has 0 spiro atoms. The van der Waals surface area contributed by atoms with Crippen molar-refractivity contribution < 1.29 is 9.53 Å². The molecule has 0 heterocycles. The largest absolute Gasteiger partial charge is 0.379 e. The fraction of sp³-hybridized carbons (Fsp3) is 0.357. The van der Waals surface area contributed by atoms with Gasteiger partial charge in [-0.05, 0) is 12.0 Å². The highest BCUT2D eigenvalue weighted by atomic mass is 16.5. The van der Waals surface area contributed by atoms with Crippen molar-refractivity contribution >= 4 is 6.03 Å². The van der Waals surface area contributed by atoms with Crippen molar-refractivity contribution in [2.45, 2.75) is 13.0 Å². The third-order valence-electron chi connectivity index (χ3n) is 2.29. The molecule has 2 N–H and O–H groups in total. The zero-order valence-electron chi connectivity index (χ0n) is 10.5. The Kier molecular flexibility index (Phi) is 7.32. The summed E-state index contributed by atoms with van der Waals surface area (Å²) in [5, 5.41) is 5.51. The summed E-state index contributed by atoms with van der Waals surface area (Å²) in [6, 6.07) is 9.61. The molecule has 1 rings (SSSR count). The summed E-state index contributed by atoms with van der Waals surface area (Å²) in [6.45, 7) is 5.81. The van der Waals surface area contributed by atoms with Crippen LogP contribution in [0.25, 0.3) is 0 Å². The fourth-order valence-electron chi connectivity index (χ4n) is 1.35. The van der Waals surface area contributed by atoms with Gasteiger partial charge in [0.15, 0.2) is 0 Å². The van der Waals surface area contributed by atoms with Crippen molar-refractivity contribution in [3.63, 3.8) is 0 Å². The van der Waals surface area contributed by atoms with E-state index >= 15 is 0 Å².